The Kier molecular flexibility index (Phi) is 9.40. The van der Waals surface area contributed by atoms with Crippen LogP contribution in [-0.4, -0.2) is 63.0 Å². The highest BCUT2D eigenvalue weighted by molar-refractivity contribution is 5.78. The minimum atomic E-state index is -0.237. The fraction of sp³-hybridized carbons (Fsp3) is 0.619. The maximum atomic E-state index is 11.7. The first-order chi connectivity index (χ1) is 14.1. The summed E-state index contributed by atoms with van der Waals surface area (Å²) in [4.78, 5) is 17.9. The number of hydrogen-bond acceptors (Lipinski definition) is 5. The first-order valence-electron chi connectivity index (χ1n) is 10.3. The lowest BCUT2D eigenvalue weighted by Crippen LogP contribution is -2.48. The molecule has 0 aliphatic carbocycles. The molecule has 1 amide bonds. The molecule has 0 aromatic heterocycles. The molecule has 29 heavy (non-hydrogen) atoms. The Labute approximate surface area is 173 Å². The van der Waals surface area contributed by atoms with Crippen LogP contribution < -0.4 is 20.5 Å². The van der Waals surface area contributed by atoms with Crippen LogP contribution in [0, 0.1) is 0 Å². The third-order valence-electron chi connectivity index (χ3n) is 4.81. The van der Waals surface area contributed by atoms with Gasteiger partial charge in [0.25, 0.3) is 0 Å². The number of aryl methyl sites for hydroxylation is 1. The van der Waals surface area contributed by atoms with Crippen LogP contribution in [0.15, 0.2) is 23.2 Å². The SMILES string of the molecule is CCOC(=O)N1CCC(NC(N)=NCCCc2ccc(OC)c(OCC)c2)CC1. The van der Waals surface area contributed by atoms with Crippen LogP contribution in [-0.2, 0) is 11.2 Å². The zero-order valence-corrected chi connectivity index (χ0v) is 17.8. The van der Waals surface area contributed by atoms with Gasteiger partial charge in [0.2, 0.25) is 0 Å². The van der Waals surface area contributed by atoms with E-state index in [2.05, 4.69) is 10.3 Å². The minimum Gasteiger partial charge on any atom is -0.493 e. The number of likely N-dealkylation sites (tertiary alicyclic amines) is 1. The van der Waals surface area contributed by atoms with Crippen molar-refractivity contribution in [2.75, 3.05) is 40.0 Å². The Morgan fingerprint density at radius 3 is 2.66 bits per heavy atom. The Bertz CT molecular complexity index is 673. The lowest BCUT2D eigenvalue weighted by Gasteiger charge is -2.31. The van der Waals surface area contributed by atoms with Crippen molar-refractivity contribution in [3.63, 3.8) is 0 Å². The fourth-order valence-corrected chi connectivity index (χ4v) is 3.30. The van der Waals surface area contributed by atoms with Crippen molar-refractivity contribution in [2.24, 2.45) is 10.7 Å². The van der Waals surface area contributed by atoms with E-state index in [0.29, 0.717) is 38.8 Å². The van der Waals surface area contributed by atoms with Gasteiger partial charge in [0, 0.05) is 25.7 Å². The van der Waals surface area contributed by atoms with Gasteiger partial charge >= 0.3 is 6.09 Å². The molecule has 1 aliphatic rings. The van der Waals surface area contributed by atoms with E-state index in [1.807, 2.05) is 32.0 Å². The molecular formula is C21H34N4O4. The van der Waals surface area contributed by atoms with Crippen molar-refractivity contribution >= 4 is 12.1 Å². The van der Waals surface area contributed by atoms with Gasteiger partial charge in [0.15, 0.2) is 17.5 Å². The molecule has 0 radical (unpaired) electrons. The quantitative estimate of drug-likeness (QED) is 0.372. The summed E-state index contributed by atoms with van der Waals surface area (Å²) >= 11 is 0. The van der Waals surface area contributed by atoms with Gasteiger partial charge in [-0.1, -0.05) is 6.07 Å². The molecule has 1 fully saturated rings. The van der Waals surface area contributed by atoms with Crippen LogP contribution in [0.5, 0.6) is 11.5 Å². The van der Waals surface area contributed by atoms with E-state index < -0.39 is 0 Å². The summed E-state index contributed by atoms with van der Waals surface area (Å²) in [5.41, 5.74) is 7.21. The molecule has 8 nitrogen and oxygen atoms in total. The van der Waals surface area contributed by atoms with Crippen molar-refractivity contribution in [3.05, 3.63) is 23.8 Å². The predicted octanol–water partition coefficient (Wildman–Crippen LogP) is 2.55. The first-order valence-corrected chi connectivity index (χ1v) is 10.3. The van der Waals surface area contributed by atoms with Gasteiger partial charge in [-0.3, -0.25) is 4.99 Å². The number of hydrogen-bond donors (Lipinski definition) is 2. The largest absolute Gasteiger partial charge is 0.493 e. The summed E-state index contributed by atoms with van der Waals surface area (Å²) in [6, 6.07) is 6.23. The van der Waals surface area contributed by atoms with Crippen molar-refractivity contribution in [3.8, 4) is 11.5 Å². The van der Waals surface area contributed by atoms with Gasteiger partial charge in [0.1, 0.15) is 0 Å². The molecule has 0 atom stereocenters. The summed E-state index contributed by atoms with van der Waals surface area (Å²) in [7, 11) is 1.64. The topological polar surface area (TPSA) is 98.4 Å². The molecule has 1 aromatic carbocycles. The Morgan fingerprint density at radius 1 is 1.24 bits per heavy atom. The molecule has 1 aliphatic heterocycles. The molecule has 0 saturated carbocycles. The second kappa shape index (κ2) is 12.0. The van der Waals surface area contributed by atoms with Crippen molar-refractivity contribution < 1.29 is 19.0 Å². The highest BCUT2D eigenvalue weighted by atomic mass is 16.6. The van der Waals surface area contributed by atoms with E-state index in [9.17, 15) is 4.79 Å². The number of ether oxygens (including phenoxy) is 3. The zero-order valence-electron chi connectivity index (χ0n) is 17.8. The number of benzene rings is 1. The molecule has 1 saturated heterocycles. The minimum absolute atomic E-state index is 0.236. The lowest BCUT2D eigenvalue weighted by molar-refractivity contribution is 0.0963. The number of rotatable bonds is 9. The van der Waals surface area contributed by atoms with Gasteiger partial charge in [-0.25, -0.2) is 4.79 Å². The molecule has 0 bridgehead atoms. The summed E-state index contributed by atoms with van der Waals surface area (Å²) in [5.74, 6) is 1.98. The molecule has 162 valence electrons. The summed E-state index contributed by atoms with van der Waals surface area (Å²) < 4.78 is 16.0. The second-order valence-electron chi connectivity index (χ2n) is 6.89. The van der Waals surface area contributed by atoms with E-state index in [1.165, 1.54) is 5.56 Å². The highest BCUT2D eigenvalue weighted by Crippen LogP contribution is 2.28. The van der Waals surface area contributed by atoms with Crippen molar-refractivity contribution in [2.45, 2.75) is 45.6 Å². The Balaban J connectivity index is 1.71. The summed E-state index contributed by atoms with van der Waals surface area (Å²) in [6.07, 6.45) is 3.21. The van der Waals surface area contributed by atoms with Gasteiger partial charge in [-0.05, 0) is 57.2 Å². The molecule has 2 rings (SSSR count). The van der Waals surface area contributed by atoms with Crippen LogP contribution in [0.4, 0.5) is 4.79 Å². The zero-order chi connectivity index (χ0) is 21.1. The van der Waals surface area contributed by atoms with E-state index >= 15 is 0 Å². The van der Waals surface area contributed by atoms with Crippen LogP contribution in [0.1, 0.15) is 38.7 Å². The van der Waals surface area contributed by atoms with Crippen LogP contribution in [0.2, 0.25) is 0 Å². The van der Waals surface area contributed by atoms with Gasteiger partial charge < -0.3 is 30.2 Å². The molecular weight excluding hydrogens is 372 g/mol. The standard InChI is InChI=1S/C21H34N4O4/c1-4-28-19-15-16(8-9-18(19)27-3)7-6-12-23-20(22)24-17-10-13-25(14-11-17)21(26)29-5-2/h8-9,15,17H,4-7,10-14H2,1-3H3,(H3,22,23,24). The number of methoxy groups -OCH3 is 1. The van der Waals surface area contributed by atoms with Gasteiger partial charge in [-0.15, -0.1) is 0 Å². The second-order valence-corrected chi connectivity index (χ2v) is 6.89. The fourth-order valence-electron chi connectivity index (χ4n) is 3.30. The summed E-state index contributed by atoms with van der Waals surface area (Å²) in [6.45, 7) is 6.77. The number of aliphatic imine (C=N–C) groups is 1. The van der Waals surface area contributed by atoms with E-state index in [1.54, 1.807) is 12.0 Å². The molecule has 3 N–H and O–H groups in total. The third-order valence-corrected chi connectivity index (χ3v) is 4.81. The third kappa shape index (κ3) is 7.36. The van der Waals surface area contributed by atoms with Crippen molar-refractivity contribution in [1.29, 1.82) is 0 Å². The van der Waals surface area contributed by atoms with Crippen molar-refractivity contribution in [1.82, 2.24) is 10.2 Å². The van der Waals surface area contributed by atoms with E-state index in [-0.39, 0.29) is 12.1 Å². The number of nitrogens with two attached hydrogens (primary N) is 1. The van der Waals surface area contributed by atoms with Gasteiger partial charge in [0.05, 0.1) is 20.3 Å². The Morgan fingerprint density at radius 2 is 2.00 bits per heavy atom. The normalized spacial score (nSPS) is 15.1. The number of guanidine groups is 1. The summed E-state index contributed by atoms with van der Waals surface area (Å²) in [5, 5.41) is 3.26. The van der Waals surface area contributed by atoms with Crippen LogP contribution in [0.3, 0.4) is 0 Å². The molecule has 0 spiro atoms. The first kappa shape index (κ1) is 22.6. The molecule has 1 heterocycles. The number of piperidine rings is 1. The highest BCUT2D eigenvalue weighted by Gasteiger charge is 2.23. The van der Waals surface area contributed by atoms with E-state index in [0.717, 1.165) is 37.2 Å². The van der Waals surface area contributed by atoms with Gasteiger partial charge in [-0.2, -0.15) is 0 Å². The maximum Gasteiger partial charge on any atom is 0.409 e. The molecule has 0 unspecified atom stereocenters. The number of carbonyl (C=O) groups excluding carboxylic acids is 1. The predicted molar refractivity (Wildman–Crippen MR) is 114 cm³/mol. The number of nitrogens with zero attached hydrogens (tertiary/aromatic N) is 2. The number of nitrogens with one attached hydrogen (secondary N) is 1. The Hall–Kier alpha value is -2.64. The lowest BCUT2D eigenvalue weighted by atomic mass is 10.1. The van der Waals surface area contributed by atoms with E-state index in [4.69, 9.17) is 19.9 Å². The maximum absolute atomic E-state index is 11.7. The monoisotopic (exact) mass is 406 g/mol. The van der Waals surface area contributed by atoms with Crippen LogP contribution >= 0.6 is 0 Å². The van der Waals surface area contributed by atoms with Crippen LogP contribution in [0.25, 0.3) is 0 Å². The average molecular weight is 407 g/mol. The number of amides is 1. The average Bonchev–Trinajstić information content (AvgIpc) is 2.72. The molecule has 8 heteroatoms. The molecule has 1 aromatic rings. The number of carbonyl (C=O) groups is 1. The smallest absolute Gasteiger partial charge is 0.409 e.